The van der Waals surface area contributed by atoms with Gasteiger partial charge in [-0.1, -0.05) is 6.92 Å². The maximum absolute atomic E-state index is 5.93. The van der Waals surface area contributed by atoms with Crippen LogP contribution < -0.4 is 5.32 Å². The van der Waals surface area contributed by atoms with Crippen molar-refractivity contribution in [1.29, 1.82) is 0 Å². The van der Waals surface area contributed by atoms with Crippen molar-refractivity contribution in [2.24, 2.45) is 11.8 Å². The van der Waals surface area contributed by atoms with Gasteiger partial charge in [0.1, 0.15) is 5.72 Å². The second kappa shape index (κ2) is 4.81. The van der Waals surface area contributed by atoms with Crippen molar-refractivity contribution in [3.63, 3.8) is 0 Å². The molecule has 0 radical (unpaired) electrons. The summed E-state index contributed by atoms with van der Waals surface area (Å²) in [7, 11) is 0. The Bertz CT molecular complexity index is 194. The zero-order valence-electron chi connectivity index (χ0n) is 9.92. The second-order valence-electron chi connectivity index (χ2n) is 5.29. The van der Waals surface area contributed by atoms with E-state index >= 15 is 0 Å². The third kappa shape index (κ3) is 3.16. The third-order valence-electron chi connectivity index (χ3n) is 3.53. The summed E-state index contributed by atoms with van der Waals surface area (Å²) in [4.78, 5) is 0. The van der Waals surface area contributed by atoms with Crippen molar-refractivity contribution in [2.45, 2.75) is 38.8 Å². The van der Waals surface area contributed by atoms with Crippen molar-refractivity contribution < 1.29 is 9.47 Å². The highest BCUT2D eigenvalue weighted by Gasteiger charge is 2.33. The predicted octanol–water partition coefficient (Wildman–Crippen LogP) is 1.78. The molecule has 0 spiro atoms. The smallest absolute Gasteiger partial charge is 0.116 e. The van der Waals surface area contributed by atoms with Crippen LogP contribution in [0, 0.1) is 11.8 Å². The van der Waals surface area contributed by atoms with Gasteiger partial charge in [-0.05, 0) is 38.0 Å². The maximum Gasteiger partial charge on any atom is 0.116 e. The monoisotopic (exact) mass is 213 g/mol. The van der Waals surface area contributed by atoms with E-state index in [-0.39, 0.29) is 5.72 Å². The summed E-state index contributed by atoms with van der Waals surface area (Å²) in [5, 5.41) is 3.53. The summed E-state index contributed by atoms with van der Waals surface area (Å²) in [6, 6.07) is 0. The van der Waals surface area contributed by atoms with Crippen LogP contribution in [-0.2, 0) is 9.47 Å². The minimum atomic E-state index is -0.0888. The highest BCUT2D eigenvalue weighted by atomic mass is 16.5. The van der Waals surface area contributed by atoms with E-state index in [0.29, 0.717) is 5.92 Å². The van der Waals surface area contributed by atoms with Crippen molar-refractivity contribution >= 4 is 0 Å². The van der Waals surface area contributed by atoms with Crippen LogP contribution in [0.1, 0.15) is 33.1 Å². The zero-order valence-corrected chi connectivity index (χ0v) is 9.92. The van der Waals surface area contributed by atoms with Crippen LogP contribution in [0.4, 0.5) is 0 Å². The quantitative estimate of drug-likeness (QED) is 0.758. The van der Waals surface area contributed by atoms with Gasteiger partial charge < -0.3 is 9.47 Å². The van der Waals surface area contributed by atoms with Gasteiger partial charge in [-0.3, -0.25) is 5.32 Å². The first-order valence-corrected chi connectivity index (χ1v) is 6.15. The molecule has 2 unspecified atom stereocenters. The fraction of sp³-hybridized carbons (Fsp3) is 1.00. The molecule has 2 aliphatic heterocycles. The van der Waals surface area contributed by atoms with Gasteiger partial charge in [-0.2, -0.15) is 0 Å². The highest BCUT2D eigenvalue weighted by Crippen LogP contribution is 2.28. The van der Waals surface area contributed by atoms with Gasteiger partial charge in [-0.15, -0.1) is 0 Å². The molecule has 2 rings (SSSR count). The summed E-state index contributed by atoms with van der Waals surface area (Å²) >= 11 is 0. The van der Waals surface area contributed by atoms with E-state index in [0.717, 1.165) is 38.7 Å². The Kier molecular flexibility index (Phi) is 3.65. The molecule has 3 heteroatoms. The van der Waals surface area contributed by atoms with Gasteiger partial charge >= 0.3 is 0 Å². The Labute approximate surface area is 92.5 Å². The van der Waals surface area contributed by atoms with E-state index in [1.807, 2.05) is 0 Å². The standard InChI is InChI=1S/C12H23NO2/c1-10-8-13-12(2,15-9-10)7-11-3-5-14-6-4-11/h10-11,13H,3-9H2,1-2H3. The first-order chi connectivity index (χ1) is 7.18. The average molecular weight is 213 g/mol. The molecular formula is C12H23NO2. The molecule has 0 aromatic carbocycles. The average Bonchev–Trinajstić information content (AvgIpc) is 2.24. The molecule has 2 fully saturated rings. The lowest BCUT2D eigenvalue weighted by molar-refractivity contribution is -0.118. The van der Waals surface area contributed by atoms with Crippen LogP contribution in [0.3, 0.4) is 0 Å². The first kappa shape index (κ1) is 11.4. The molecular weight excluding hydrogens is 190 g/mol. The molecule has 15 heavy (non-hydrogen) atoms. The molecule has 0 saturated carbocycles. The number of hydrogen-bond acceptors (Lipinski definition) is 3. The molecule has 0 amide bonds. The van der Waals surface area contributed by atoms with E-state index in [1.165, 1.54) is 12.8 Å². The minimum Gasteiger partial charge on any atom is -0.381 e. The molecule has 2 atom stereocenters. The highest BCUT2D eigenvalue weighted by molar-refractivity contribution is 4.82. The first-order valence-electron chi connectivity index (χ1n) is 6.15. The van der Waals surface area contributed by atoms with Gasteiger partial charge in [0, 0.05) is 19.8 Å². The van der Waals surface area contributed by atoms with Crippen molar-refractivity contribution in [3.05, 3.63) is 0 Å². The Morgan fingerprint density at radius 1 is 1.33 bits per heavy atom. The molecule has 2 saturated heterocycles. The number of ether oxygens (including phenoxy) is 2. The summed E-state index contributed by atoms with van der Waals surface area (Å²) in [6.45, 7) is 8.25. The van der Waals surface area contributed by atoms with Crippen LogP contribution in [0.25, 0.3) is 0 Å². The van der Waals surface area contributed by atoms with Crippen molar-refractivity contribution in [1.82, 2.24) is 5.32 Å². The third-order valence-corrected chi connectivity index (χ3v) is 3.53. The largest absolute Gasteiger partial charge is 0.381 e. The minimum absolute atomic E-state index is 0.0888. The Morgan fingerprint density at radius 3 is 2.67 bits per heavy atom. The summed E-state index contributed by atoms with van der Waals surface area (Å²) in [5.41, 5.74) is -0.0888. The molecule has 0 bridgehead atoms. The fourth-order valence-electron chi connectivity index (χ4n) is 2.46. The topological polar surface area (TPSA) is 30.5 Å². The van der Waals surface area contributed by atoms with E-state index in [2.05, 4.69) is 19.2 Å². The lowest BCUT2D eigenvalue weighted by Crippen LogP contribution is -2.53. The van der Waals surface area contributed by atoms with Crippen LogP contribution in [0.2, 0.25) is 0 Å². The van der Waals surface area contributed by atoms with Crippen molar-refractivity contribution in [3.8, 4) is 0 Å². The molecule has 3 nitrogen and oxygen atoms in total. The van der Waals surface area contributed by atoms with Gasteiger partial charge in [0.05, 0.1) is 6.61 Å². The maximum atomic E-state index is 5.93. The fourth-order valence-corrected chi connectivity index (χ4v) is 2.46. The summed E-state index contributed by atoms with van der Waals surface area (Å²) in [6.07, 6.45) is 3.51. The summed E-state index contributed by atoms with van der Waals surface area (Å²) in [5.74, 6) is 1.41. The van der Waals surface area contributed by atoms with Crippen LogP contribution in [-0.4, -0.2) is 32.1 Å². The lowest BCUT2D eigenvalue weighted by atomic mass is 9.90. The normalized spacial score (nSPS) is 39.2. The molecule has 2 heterocycles. The molecule has 2 aliphatic rings. The Hall–Kier alpha value is -0.120. The molecule has 0 aromatic heterocycles. The van der Waals surface area contributed by atoms with E-state index in [4.69, 9.17) is 9.47 Å². The number of nitrogens with one attached hydrogen (secondary N) is 1. The van der Waals surface area contributed by atoms with Gasteiger partial charge in [0.15, 0.2) is 0 Å². The lowest BCUT2D eigenvalue weighted by Gasteiger charge is -2.40. The number of hydrogen-bond donors (Lipinski definition) is 1. The number of rotatable bonds is 2. The second-order valence-corrected chi connectivity index (χ2v) is 5.29. The van der Waals surface area contributed by atoms with Gasteiger partial charge in [0.25, 0.3) is 0 Å². The van der Waals surface area contributed by atoms with E-state index < -0.39 is 0 Å². The molecule has 0 aromatic rings. The van der Waals surface area contributed by atoms with Gasteiger partial charge in [-0.25, -0.2) is 0 Å². The Morgan fingerprint density at radius 2 is 2.07 bits per heavy atom. The Balaban J connectivity index is 1.81. The summed E-state index contributed by atoms with van der Waals surface area (Å²) < 4.78 is 11.3. The van der Waals surface area contributed by atoms with Crippen molar-refractivity contribution in [2.75, 3.05) is 26.4 Å². The van der Waals surface area contributed by atoms with Crippen LogP contribution in [0.15, 0.2) is 0 Å². The van der Waals surface area contributed by atoms with E-state index in [9.17, 15) is 0 Å². The molecule has 88 valence electrons. The molecule has 0 aliphatic carbocycles. The molecule has 1 N–H and O–H groups in total. The predicted molar refractivity (Wildman–Crippen MR) is 59.7 cm³/mol. The van der Waals surface area contributed by atoms with Crippen LogP contribution >= 0.6 is 0 Å². The zero-order chi connectivity index (χ0) is 10.7. The van der Waals surface area contributed by atoms with E-state index in [1.54, 1.807) is 0 Å². The van der Waals surface area contributed by atoms with Gasteiger partial charge in [0.2, 0.25) is 0 Å². The van der Waals surface area contributed by atoms with Crippen LogP contribution in [0.5, 0.6) is 0 Å². The SMILES string of the molecule is CC1CNC(C)(CC2CCOCC2)OC1.